The zero-order valence-corrected chi connectivity index (χ0v) is 12.1. The Kier molecular flexibility index (Phi) is 6.28. The minimum absolute atomic E-state index is 0.00942. The second-order valence-corrected chi connectivity index (χ2v) is 4.98. The fourth-order valence-corrected chi connectivity index (χ4v) is 1.35. The van der Waals surface area contributed by atoms with Gasteiger partial charge in [0.25, 0.3) is 0 Å². The van der Waals surface area contributed by atoms with E-state index >= 15 is 0 Å². The van der Waals surface area contributed by atoms with Gasteiger partial charge in [-0.3, -0.25) is 0 Å². The van der Waals surface area contributed by atoms with E-state index in [0.29, 0.717) is 11.3 Å². The van der Waals surface area contributed by atoms with Crippen LogP contribution in [-0.2, 0) is 9.53 Å². The van der Waals surface area contributed by atoms with E-state index in [4.69, 9.17) is 44.3 Å². The summed E-state index contributed by atoms with van der Waals surface area (Å²) in [5.74, 6) is -0.374. The van der Waals surface area contributed by atoms with Gasteiger partial charge in [-0.25, -0.2) is 4.79 Å². The number of phenolic OH excluding ortho intramolecular Hbond substituents is 1. The maximum absolute atomic E-state index is 11.4. The summed E-state index contributed by atoms with van der Waals surface area (Å²) in [5, 5.41) is 9.40. The fourth-order valence-electron chi connectivity index (χ4n) is 1.16. The van der Waals surface area contributed by atoms with Crippen molar-refractivity contribution in [2.24, 2.45) is 0 Å². The molecule has 1 N–H and O–H groups in total. The molecule has 1 atom stereocenters. The number of carbonyl (C=O) groups is 1. The highest BCUT2D eigenvalue weighted by atomic mass is 35.5. The average molecular weight is 326 g/mol. The van der Waals surface area contributed by atoms with Crippen molar-refractivity contribution in [2.75, 3.05) is 7.11 Å². The number of phenols is 1. The minimum atomic E-state index is -1.12. The molecular formula is C12H11Cl3O4. The highest BCUT2D eigenvalue weighted by Gasteiger charge is 2.16. The molecule has 0 spiro atoms. The first-order chi connectivity index (χ1) is 8.93. The summed E-state index contributed by atoms with van der Waals surface area (Å²) < 4.78 is 9.64. The van der Waals surface area contributed by atoms with E-state index in [2.05, 4.69) is 0 Å². The van der Waals surface area contributed by atoms with E-state index in [9.17, 15) is 9.90 Å². The summed E-state index contributed by atoms with van der Waals surface area (Å²) in [6.45, 7) is 0. The second kappa shape index (κ2) is 7.48. The van der Waals surface area contributed by atoms with E-state index < -0.39 is 16.4 Å². The molecule has 0 aliphatic rings. The van der Waals surface area contributed by atoms with Gasteiger partial charge in [0, 0.05) is 6.08 Å². The van der Waals surface area contributed by atoms with Gasteiger partial charge in [-0.15, -0.1) is 0 Å². The molecule has 1 rings (SSSR count). The number of benzene rings is 1. The SMILES string of the molecule is COc1cc(C=CC(=O)OC(Cl)C(Cl)Cl)ccc1O. The number of hydrogen-bond acceptors (Lipinski definition) is 4. The normalized spacial score (nSPS) is 12.7. The smallest absolute Gasteiger partial charge is 0.332 e. The Labute approximate surface area is 125 Å². The lowest BCUT2D eigenvalue weighted by atomic mass is 10.2. The lowest BCUT2D eigenvalue weighted by Gasteiger charge is -2.09. The number of carbonyl (C=O) groups excluding carboxylic acids is 1. The minimum Gasteiger partial charge on any atom is -0.504 e. The van der Waals surface area contributed by atoms with E-state index in [-0.39, 0.29) is 5.75 Å². The maximum atomic E-state index is 11.4. The standard InChI is InChI=1S/C12H11Cl3O4/c1-18-9-6-7(2-4-8(9)16)3-5-10(17)19-12(15)11(13)14/h2-6,11-12,16H,1H3. The van der Waals surface area contributed by atoms with Crippen LogP contribution in [-0.4, -0.2) is 28.6 Å². The molecule has 104 valence electrons. The molecule has 0 heterocycles. The van der Waals surface area contributed by atoms with Crippen LogP contribution in [0.3, 0.4) is 0 Å². The van der Waals surface area contributed by atoms with Crippen molar-refractivity contribution >= 4 is 46.8 Å². The van der Waals surface area contributed by atoms with Crippen LogP contribution in [0.15, 0.2) is 24.3 Å². The summed E-state index contributed by atoms with van der Waals surface area (Å²) in [6.07, 6.45) is 2.64. The van der Waals surface area contributed by atoms with Gasteiger partial charge >= 0.3 is 5.97 Å². The lowest BCUT2D eigenvalue weighted by molar-refractivity contribution is -0.138. The summed E-state index contributed by atoms with van der Waals surface area (Å²) >= 11 is 16.4. The fraction of sp³-hybridized carbons (Fsp3) is 0.250. The molecule has 0 bridgehead atoms. The molecular weight excluding hydrogens is 314 g/mol. The third-order valence-electron chi connectivity index (χ3n) is 2.04. The maximum Gasteiger partial charge on any atom is 0.332 e. The molecule has 0 radical (unpaired) electrons. The van der Waals surface area contributed by atoms with Gasteiger partial charge in [-0.05, 0) is 23.8 Å². The predicted molar refractivity (Wildman–Crippen MR) is 74.9 cm³/mol. The third kappa shape index (κ3) is 5.19. The van der Waals surface area contributed by atoms with Gasteiger partial charge in [0.05, 0.1) is 7.11 Å². The molecule has 7 heteroatoms. The topological polar surface area (TPSA) is 55.8 Å². The van der Waals surface area contributed by atoms with Gasteiger partial charge < -0.3 is 14.6 Å². The molecule has 1 aromatic carbocycles. The van der Waals surface area contributed by atoms with Crippen molar-refractivity contribution in [3.8, 4) is 11.5 Å². The van der Waals surface area contributed by atoms with Crippen LogP contribution < -0.4 is 4.74 Å². The highest BCUT2D eigenvalue weighted by Crippen LogP contribution is 2.26. The second-order valence-electron chi connectivity index (χ2n) is 3.39. The van der Waals surface area contributed by atoms with Crippen LogP contribution in [0.25, 0.3) is 6.08 Å². The number of halogens is 3. The van der Waals surface area contributed by atoms with Gasteiger partial charge in [0.1, 0.15) is 0 Å². The number of ether oxygens (including phenoxy) is 2. The summed E-state index contributed by atoms with van der Waals surface area (Å²) in [4.78, 5) is 10.4. The van der Waals surface area contributed by atoms with Crippen LogP contribution in [0.1, 0.15) is 5.56 Å². The summed E-state index contributed by atoms with van der Waals surface area (Å²) in [7, 11) is 1.43. The number of methoxy groups -OCH3 is 1. The molecule has 4 nitrogen and oxygen atoms in total. The molecule has 0 fully saturated rings. The zero-order chi connectivity index (χ0) is 14.4. The molecule has 1 unspecified atom stereocenters. The molecule has 0 amide bonds. The molecule has 0 aromatic heterocycles. The number of esters is 1. The first-order valence-electron chi connectivity index (χ1n) is 5.12. The van der Waals surface area contributed by atoms with Crippen molar-refractivity contribution in [3.63, 3.8) is 0 Å². The van der Waals surface area contributed by atoms with Gasteiger partial charge in [0.15, 0.2) is 16.3 Å². The first kappa shape index (κ1) is 16.0. The Morgan fingerprint density at radius 1 is 1.37 bits per heavy atom. The molecule has 1 aromatic rings. The van der Waals surface area contributed by atoms with Crippen molar-refractivity contribution < 1.29 is 19.4 Å². The van der Waals surface area contributed by atoms with E-state index in [1.165, 1.54) is 19.3 Å². The van der Waals surface area contributed by atoms with Crippen LogP contribution in [0.5, 0.6) is 11.5 Å². The summed E-state index contributed by atoms with van der Waals surface area (Å²) in [5.41, 5.74) is -0.471. The quantitative estimate of drug-likeness (QED) is 0.512. The van der Waals surface area contributed by atoms with E-state index in [0.717, 1.165) is 6.08 Å². The van der Waals surface area contributed by atoms with E-state index in [1.807, 2.05) is 0 Å². The largest absolute Gasteiger partial charge is 0.504 e. The molecule has 0 aliphatic heterocycles. The molecule has 0 aliphatic carbocycles. The monoisotopic (exact) mass is 324 g/mol. The van der Waals surface area contributed by atoms with Gasteiger partial charge in [0.2, 0.25) is 5.56 Å². The average Bonchev–Trinajstić information content (AvgIpc) is 2.37. The van der Waals surface area contributed by atoms with Crippen LogP contribution in [0, 0.1) is 0 Å². The Bertz CT molecular complexity index is 474. The zero-order valence-electron chi connectivity index (χ0n) is 9.85. The van der Waals surface area contributed by atoms with Gasteiger partial charge in [-0.1, -0.05) is 40.9 Å². The summed E-state index contributed by atoms with van der Waals surface area (Å²) in [6, 6.07) is 4.61. The Balaban J connectivity index is 2.68. The van der Waals surface area contributed by atoms with Crippen molar-refractivity contribution in [1.82, 2.24) is 0 Å². The number of rotatable bonds is 5. The van der Waals surface area contributed by atoms with Crippen molar-refractivity contribution in [1.29, 1.82) is 0 Å². The Hall–Kier alpha value is -1.10. The number of hydrogen-bond donors (Lipinski definition) is 1. The predicted octanol–water partition coefficient (Wildman–Crippen LogP) is 3.33. The first-order valence-corrected chi connectivity index (χ1v) is 6.43. The van der Waals surface area contributed by atoms with Crippen molar-refractivity contribution in [3.05, 3.63) is 29.8 Å². The van der Waals surface area contributed by atoms with Crippen molar-refractivity contribution in [2.45, 2.75) is 10.4 Å². The lowest BCUT2D eigenvalue weighted by Crippen LogP contribution is -2.16. The number of aromatic hydroxyl groups is 1. The third-order valence-corrected chi connectivity index (χ3v) is 3.10. The highest BCUT2D eigenvalue weighted by molar-refractivity contribution is 6.48. The molecule has 0 saturated carbocycles. The molecule has 19 heavy (non-hydrogen) atoms. The van der Waals surface area contributed by atoms with Crippen LogP contribution >= 0.6 is 34.8 Å². The van der Waals surface area contributed by atoms with Gasteiger partial charge in [-0.2, -0.15) is 0 Å². The Morgan fingerprint density at radius 3 is 2.63 bits per heavy atom. The Morgan fingerprint density at radius 2 is 2.05 bits per heavy atom. The van der Waals surface area contributed by atoms with Crippen LogP contribution in [0.4, 0.5) is 0 Å². The molecule has 0 saturated heterocycles. The van der Waals surface area contributed by atoms with E-state index in [1.54, 1.807) is 12.1 Å². The number of alkyl halides is 3. The van der Waals surface area contributed by atoms with Crippen LogP contribution in [0.2, 0.25) is 0 Å².